The van der Waals surface area contributed by atoms with Gasteiger partial charge >= 0.3 is 5.69 Å². The summed E-state index contributed by atoms with van der Waals surface area (Å²) in [6, 6.07) is 0.164. The Labute approximate surface area is 99.7 Å². The van der Waals surface area contributed by atoms with Crippen molar-refractivity contribution in [3.05, 3.63) is 40.2 Å². The normalized spacial score (nSPS) is 11.4. The lowest BCUT2D eigenvalue weighted by molar-refractivity contribution is 0.450. The Morgan fingerprint density at radius 1 is 1.35 bits per heavy atom. The van der Waals surface area contributed by atoms with Crippen molar-refractivity contribution in [2.24, 2.45) is 0 Å². The average molecular weight is 235 g/mol. The van der Waals surface area contributed by atoms with Gasteiger partial charge in [-0.3, -0.25) is 9.13 Å². The molecule has 5 nitrogen and oxygen atoms in total. The number of imidazole rings is 1. The van der Waals surface area contributed by atoms with Crippen LogP contribution in [-0.4, -0.2) is 14.1 Å². The topological polar surface area (TPSA) is 53.0 Å². The van der Waals surface area contributed by atoms with E-state index in [-0.39, 0.29) is 11.7 Å². The number of hydrogen-bond donors (Lipinski definition) is 0. The Kier molecular flexibility index (Phi) is 2.92. The third-order valence-electron chi connectivity index (χ3n) is 2.81. The van der Waals surface area contributed by atoms with E-state index in [1.54, 1.807) is 21.5 Å². The lowest BCUT2D eigenvalue weighted by Gasteiger charge is -2.03. The van der Waals surface area contributed by atoms with E-state index in [4.69, 9.17) is 4.42 Å². The van der Waals surface area contributed by atoms with Crippen LogP contribution < -0.4 is 5.69 Å². The van der Waals surface area contributed by atoms with Gasteiger partial charge in [0.05, 0.1) is 5.69 Å². The second kappa shape index (κ2) is 4.24. The summed E-state index contributed by atoms with van der Waals surface area (Å²) in [5.74, 6) is 1.37. The van der Waals surface area contributed by atoms with E-state index in [0.29, 0.717) is 12.4 Å². The van der Waals surface area contributed by atoms with Gasteiger partial charge in [0.15, 0.2) is 0 Å². The maximum absolute atomic E-state index is 12.0. The van der Waals surface area contributed by atoms with Crippen molar-refractivity contribution in [2.75, 3.05) is 0 Å². The predicted molar refractivity (Wildman–Crippen MR) is 64.2 cm³/mol. The van der Waals surface area contributed by atoms with Crippen molar-refractivity contribution in [1.82, 2.24) is 14.1 Å². The van der Waals surface area contributed by atoms with Crippen molar-refractivity contribution in [3.8, 4) is 0 Å². The highest BCUT2D eigenvalue weighted by Crippen LogP contribution is 2.09. The van der Waals surface area contributed by atoms with Crippen LogP contribution in [0.1, 0.15) is 37.2 Å². The average Bonchev–Trinajstić information content (AvgIpc) is 2.74. The van der Waals surface area contributed by atoms with Crippen LogP contribution in [0.2, 0.25) is 0 Å². The van der Waals surface area contributed by atoms with E-state index in [1.165, 1.54) is 0 Å². The lowest BCUT2D eigenvalue weighted by atomic mass is 10.4. The summed E-state index contributed by atoms with van der Waals surface area (Å²) >= 11 is 0. The molecule has 0 aromatic carbocycles. The molecule has 2 aromatic rings. The second-order valence-electron chi connectivity index (χ2n) is 4.46. The minimum absolute atomic E-state index is 0.0338. The molecule has 0 atom stereocenters. The summed E-state index contributed by atoms with van der Waals surface area (Å²) in [4.78, 5) is 16.2. The molecular weight excluding hydrogens is 218 g/mol. The van der Waals surface area contributed by atoms with Gasteiger partial charge in [-0.15, -0.1) is 0 Å². The molecule has 0 amide bonds. The van der Waals surface area contributed by atoms with Crippen molar-refractivity contribution >= 4 is 0 Å². The summed E-state index contributed by atoms with van der Waals surface area (Å²) in [7, 11) is 0. The van der Waals surface area contributed by atoms with Crippen molar-refractivity contribution in [1.29, 1.82) is 0 Å². The van der Waals surface area contributed by atoms with Gasteiger partial charge in [0.2, 0.25) is 5.89 Å². The smallest absolute Gasteiger partial charge is 0.328 e. The maximum Gasteiger partial charge on any atom is 0.328 e. The summed E-state index contributed by atoms with van der Waals surface area (Å²) in [5, 5.41) is 0. The Morgan fingerprint density at radius 3 is 2.53 bits per heavy atom. The van der Waals surface area contributed by atoms with Gasteiger partial charge in [-0.2, -0.15) is 0 Å². The fraction of sp³-hybridized carbons (Fsp3) is 0.500. The molecule has 0 unspecified atom stereocenters. The fourth-order valence-electron chi connectivity index (χ4n) is 1.69. The summed E-state index contributed by atoms with van der Waals surface area (Å²) in [5.41, 5.74) is 0.838. The molecule has 0 spiro atoms. The largest absolute Gasteiger partial charge is 0.444 e. The van der Waals surface area contributed by atoms with Crippen LogP contribution in [-0.2, 0) is 6.54 Å². The predicted octanol–water partition coefficient (Wildman–Crippen LogP) is 1.88. The Bertz CT molecular complexity index is 555. The second-order valence-corrected chi connectivity index (χ2v) is 4.46. The molecular formula is C12H17N3O2. The minimum atomic E-state index is -0.0338. The molecule has 0 bridgehead atoms. The zero-order valence-electron chi connectivity index (χ0n) is 10.6. The summed E-state index contributed by atoms with van der Waals surface area (Å²) in [6.07, 6.45) is 3.55. The van der Waals surface area contributed by atoms with E-state index in [0.717, 1.165) is 11.5 Å². The van der Waals surface area contributed by atoms with E-state index in [2.05, 4.69) is 4.98 Å². The van der Waals surface area contributed by atoms with Crippen LogP contribution in [0.15, 0.2) is 21.6 Å². The molecule has 0 aliphatic heterocycles. The molecule has 0 saturated heterocycles. The number of aromatic nitrogens is 3. The first-order valence-corrected chi connectivity index (χ1v) is 5.69. The number of aryl methyl sites for hydroxylation is 2. The number of nitrogens with zero attached hydrogens (tertiary/aromatic N) is 3. The van der Waals surface area contributed by atoms with Crippen LogP contribution in [0, 0.1) is 13.8 Å². The Hall–Kier alpha value is -1.78. The van der Waals surface area contributed by atoms with Crippen LogP contribution in [0.3, 0.4) is 0 Å². The SMILES string of the molecule is Cc1nc(Cn2ccn(C(C)C)c2=O)oc1C. The molecule has 92 valence electrons. The molecule has 17 heavy (non-hydrogen) atoms. The van der Waals surface area contributed by atoms with Gasteiger partial charge in [0.1, 0.15) is 12.3 Å². The van der Waals surface area contributed by atoms with E-state index in [9.17, 15) is 4.79 Å². The standard InChI is InChI=1S/C12H17N3O2/c1-8(2)15-6-5-14(12(15)16)7-11-13-9(3)10(4)17-11/h5-6,8H,7H2,1-4H3. The monoisotopic (exact) mass is 235 g/mol. The van der Waals surface area contributed by atoms with Crippen molar-refractivity contribution < 1.29 is 4.42 Å². The molecule has 2 heterocycles. The first-order chi connectivity index (χ1) is 7.99. The quantitative estimate of drug-likeness (QED) is 0.816. The van der Waals surface area contributed by atoms with Gasteiger partial charge < -0.3 is 4.42 Å². The molecule has 0 fully saturated rings. The lowest BCUT2D eigenvalue weighted by Crippen LogP contribution is -2.25. The van der Waals surface area contributed by atoms with Crippen molar-refractivity contribution in [2.45, 2.75) is 40.3 Å². The molecule has 0 saturated carbocycles. The van der Waals surface area contributed by atoms with E-state index >= 15 is 0 Å². The van der Waals surface area contributed by atoms with Crippen molar-refractivity contribution in [3.63, 3.8) is 0 Å². The third-order valence-corrected chi connectivity index (χ3v) is 2.81. The van der Waals surface area contributed by atoms with Gasteiger partial charge in [-0.1, -0.05) is 0 Å². The first kappa shape index (κ1) is 11.7. The Balaban J connectivity index is 2.28. The highest BCUT2D eigenvalue weighted by atomic mass is 16.4. The van der Waals surface area contributed by atoms with E-state index < -0.39 is 0 Å². The molecule has 0 aliphatic rings. The van der Waals surface area contributed by atoms with Crippen LogP contribution in [0.5, 0.6) is 0 Å². The van der Waals surface area contributed by atoms with Gasteiger partial charge in [0, 0.05) is 18.4 Å². The minimum Gasteiger partial charge on any atom is -0.444 e. The zero-order chi connectivity index (χ0) is 12.6. The number of hydrogen-bond acceptors (Lipinski definition) is 3. The maximum atomic E-state index is 12.0. The van der Waals surface area contributed by atoms with Gasteiger partial charge in [-0.25, -0.2) is 9.78 Å². The fourth-order valence-corrected chi connectivity index (χ4v) is 1.69. The van der Waals surface area contributed by atoms with Crippen LogP contribution in [0.25, 0.3) is 0 Å². The summed E-state index contributed by atoms with van der Waals surface area (Å²) < 4.78 is 8.75. The molecule has 2 rings (SSSR count). The Morgan fingerprint density at radius 2 is 2.06 bits per heavy atom. The van der Waals surface area contributed by atoms with Gasteiger partial charge in [0.25, 0.3) is 0 Å². The number of rotatable bonds is 3. The highest BCUT2D eigenvalue weighted by Gasteiger charge is 2.10. The van der Waals surface area contributed by atoms with Gasteiger partial charge in [-0.05, 0) is 27.7 Å². The molecule has 0 N–H and O–H groups in total. The first-order valence-electron chi connectivity index (χ1n) is 5.69. The van der Waals surface area contributed by atoms with E-state index in [1.807, 2.05) is 27.7 Å². The molecule has 0 aliphatic carbocycles. The third kappa shape index (κ3) is 2.18. The molecule has 0 radical (unpaired) electrons. The summed E-state index contributed by atoms with van der Waals surface area (Å²) in [6.45, 7) is 8.10. The van der Waals surface area contributed by atoms with Crippen LogP contribution in [0.4, 0.5) is 0 Å². The van der Waals surface area contributed by atoms with Crippen LogP contribution >= 0.6 is 0 Å². The zero-order valence-corrected chi connectivity index (χ0v) is 10.6. The highest BCUT2D eigenvalue weighted by molar-refractivity contribution is 5.05. The number of oxazole rings is 1. The molecule has 2 aromatic heterocycles. The molecule has 5 heteroatoms.